The van der Waals surface area contributed by atoms with Gasteiger partial charge in [0, 0.05) is 23.7 Å². The number of benzene rings is 3. The summed E-state index contributed by atoms with van der Waals surface area (Å²) in [5.41, 5.74) is 5.56. The molecule has 4 aromatic rings. The molecule has 1 aliphatic heterocycles. The minimum absolute atomic E-state index is 0.250. The van der Waals surface area contributed by atoms with E-state index < -0.39 is 25.0 Å². The van der Waals surface area contributed by atoms with E-state index in [1.165, 1.54) is 0 Å². The van der Waals surface area contributed by atoms with Crippen LogP contribution in [0, 0.1) is 6.92 Å². The number of alkyl halides is 2. The van der Waals surface area contributed by atoms with Crippen molar-refractivity contribution in [3.63, 3.8) is 0 Å². The average molecular weight is 507 g/mol. The summed E-state index contributed by atoms with van der Waals surface area (Å²) in [5, 5.41) is 9.66. The second-order valence-corrected chi connectivity index (χ2v) is 9.31. The molecule has 1 atom stereocenters. The number of aliphatic carboxylic acids is 1. The summed E-state index contributed by atoms with van der Waals surface area (Å²) in [6.07, 6.45) is -0.366. The van der Waals surface area contributed by atoms with E-state index in [2.05, 4.69) is 0 Å². The third-order valence-corrected chi connectivity index (χ3v) is 6.86. The molecular weight excluding hydrogens is 478 g/mol. The van der Waals surface area contributed by atoms with Crippen molar-refractivity contribution in [2.75, 3.05) is 13.2 Å². The van der Waals surface area contributed by atoms with Gasteiger partial charge < -0.3 is 14.3 Å². The largest absolute Gasteiger partial charge is 0.487 e. The molecule has 0 aliphatic carbocycles. The van der Waals surface area contributed by atoms with Crippen molar-refractivity contribution in [2.45, 2.75) is 45.2 Å². The maximum Gasteiger partial charge on any atom is 0.320 e. The number of nitrogens with zero attached hydrogens (tertiary/aromatic N) is 2. The zero-order valence-corrected chi connectivity index (χ0v) is 20.5. The normalized spacial score (nSPS) is 16.4. The molecule has 0 bridgehead atoms. The third kappa shape index (κ3) is 5.34. The molecule has 0 spiro atoms. The minimum atomic E-state index is -2.64. The molecule has 3 aromatic carbocycles. The highest BCUT2D eigenvalue weighted by Crippen LogP contribution is 2.35. The van der Waals surface area contributed by atoms with Crippen molar-refractivity contribution in [3.05, 3.63) is 71.8 Å². The number of halogens is 2. The van der Waals surface area contributed by atoms with Crippen LogP contribution in [-0.4, -0.2) is 46.6 Å². The van der Waals surface area contributed by atoms with E-state index in [9.17, 15) is 18.7 Å². The van der Waals surface area contributed by atoms with Gasteiger partial charge >= 0.3 is 5.97 Å². The van der Waals surface area contributed by atoms with Gasteiger partial charge in [-0.05, 0) is 55.1 Å². The number of carbonyl (C=O) groups is 1. The number of oxazole rings is 1. The fourth-order valence-electron chi connectivity index (χ4n) is 5.00. The first-order valence-electron chi connectivity index (χ1n) is 12.4. The SMILES string of the molecule is Cc1c(-c2ccccc2)cccc1-c1nc2cc(CN3CCCCC3C(=O)O)c(OCC(F)F)cc2o1. The Morgan fingerprint density at radius 2 is 1.92 bits per heavy atom. The third-order valence-electron chi connectivity index (χ3n) is 6.86. The number of fused-ring (bicyclic) bond motifs is 1. The smallest absolute Gasteiger partial charge is 0.320 e. The number of piperidine rings is 1. The summed E-state index contributed by atoms with van der Waals surface area (Å²) >= 11 is 0. The van der Waals surface area contributed by atoms with Gasteiger partial charge in [0.25, 0.3) is 6.43 Å². The molecule has 1 unspecified atom stereocenters. The van der Waals surface area contributed by atoms with Crippen LogP contribution in [0.25, 0.3) is 33.7 Å². The van der Waals surface area contributed by atoms with Gasteiger partial charge in [-0.2, -0.15) is 0 Å². The molecule has 192 valence electrons. The van der Waals surface area contributed by atoms with Gasteiger partial charge in [0.15, 0.2) is 5.58 Å². The lowest BCUT2D eigenvalue weighted by atomic mass is 9.96. The maximum absolute atomic E-state index is 13.0. The lowest BCUT2D eigenvalue weighted by Crippen LogP contribution is -2.44. The van der Waals surface area contributed by atoms with Crippen LogP contribution in [0.5, 0.6) is 5.75 Å². The summed E-state index contributed by atoms with van der Waals surface area (Å²) in [5.74, 6) is -0.211. The lowest BCUT2D eigenvalue weighted by molar-refractivity contribution is -0.144. The van der Waals surface area contributed by atoms with Gasteiger partial charge in [0.2, 0.25) is 5.89 Å². The molecule has 0 amide bonds. The number of rotatable bonds is 8. The number of carboxylic acid groups (broad SMARTS) is 1. The van der Waals surface area contributed by atoms with Crippen LogP contribution < -0.4 is 4.74 Å². The lowest BCUT2D eigenvalue weighted by Gasteiger charge is -2.33. The second-order valence-electron chi connectivity index (χ2n) is 9.31. The van der Waals surface area contributed by atoms with E-state index in [4.69, 9.17) is 14.1 Å². The zero-order valence-electron chi connectivity index (χ0n) is 20.5. The molecule has 37 heavy (non-hydrogen) atoms. The van der Waals surface area contributed by atoms with Crippen LogP contribution in [-0.2, 0) is 11.3 Å². The molecule has 1 saturated heterocycles. The van der Waals surface area contributed by atoms with Crippen molar-refractivity contribution in [3.8, 4) is 28.3 Å². The summed E-state index contributed by atoms with van der Waals surface area (Å²) in [6, 6.07) is 18.7. The van der Waals surface area contributed by atoms with E-state index in [1.54, 1.807) is 12.1 Å². The highest BCUT2D eigenvalue weighted by molar-refractivity contribution is 5.82. The Morgan fingerprint density at radius 3 is 2.68 bits per heavy atom. The van der Waals surface area contributed by atoms with Gasteiger partial charge in [-0.3, -0.25) is 9.69 Å². The number of carboxylic acids is 1. The van der Waals surface area contributed by atoms with Gasteiger partial charge in [0.1, 0.15) is 23.9 Å². The van der Waals surface area contributed by atoms with Gasteiger partial charge in [-0.1, -0.05) is 48.9 Å². The van der Waals surface area contributed by atoms with Crippen LogP contribution in [0.4, 0.5) is 8.78 Å². The molecule has 0 radical (unpaired) electrons. The zero-order chi connectivity index (χ0) is 25.9. The Morgan fingerprint density at radius 1 is 1.14 bits per heavy atom. The number of aromatic nitrogens is 1. The van der Waals surface area contributed by atoms with Gasteiger partial charge in [0.05, 0.1) is 0 Å². The predicted molar refractivity (Wildman–Crippen MR) is 137 cm³/mol. The first-order chi connectivity index (χ1) is 17.9. The van der Waals surface area contributed by atoms with Crippen LogP contribution in [0.2, 0.25) is 0 Å². The first-order valence-corrected chi connectivity index (χ1v) is 12.4. The van der Waals surface area contributed by atoms with E-state index >= 15 is 0 Å². The Bertz CT molecular complexity index is 1400. The standard InChI is InChI=1S/C29H28F2N2O4/c1-18-21(19-8-3-2-4-9-19)10-7-11-22(18)28-32-23-14-20(16-33-13-6-5-12-24(33)29(34)35)25(15-26(23)37-28)36-17-27(30)31/h2-4,7-11,14-15,24,27H,5-6,12-13,16-17H2,1H3,(H,34,35). The highest BCUT2D eigenvalue weighted by Gasteiger charge is 2.29. The fraction of sp³-hybridized carbons (Fsp3) is 0.310. The average Bonchev–Trinajstić information content (AvgIpc) is 3.30. The maximum atomic E-state index is 13.0. The first kappa shape index (κ1) is 24.9. The van der Waals surface area contributed by atoms with Crippen molar-refractivity contribution in [1.29, 1.82) is 0 Å². The molecule has 1 aromatic heterocycles. The van der Waals surface area contributed by atoms with Crippen LogP contribution in [0.3, 0.4) is 0 Å². The molecular formula is C29H28F2N2O4. The van der Waals surface area contributed by atoms with Crippen LogP contribution in [0.15, 0.2) is 65.1 Å². The summed E-state index contributed by atoms with van der Waals surface area (Å²) in [6.45, 7) is 2.12. The minimum Gasteiger partial charge on any atom is -0.487 e. The summed E-state index contributed by atoms with van der Waals surface area (Å²) < 4.78 is 37.5. The van der Waals surface area contributed by atoms with Crippen LogP contribution >= 0.6 is 0 Å². The molecule has 0 saturated carbocycles. The Kier molecular flexibility index (Phi) is 7.19. The topological polar surface area (TPSA) is 75.8 Å². The van der Waals surface area contributed by atoms with E-state index in [1.807, 2.05) is 60.4 Å². The summed E-state index contributed by atoms with van der Waals surface area (Å²) in [4.78, 5) is 18.4. The van der Waals surface area contributed by atoms with Gasteiger partial charge in [-0.25, -0.2) is 13.8 Å². The number of likely N-dealkylation sites (tertiary alicyclic amines) is 1. The molecule has 2 heterocycles. The Balaban J connectivity index is 1.53. The quantitative estimate of drug-likeness (QED) is 0.292. The molecule has 1 fully saturated rings. The molecule has 8 heteroatoms. The van der Waals surface area contributed by atoms with E-state index in [-0.39, 0.29) is 12.3 Å². The van der Waals surface area contributed by atoms with E-state index in [0.717, 1.165) is 35.1 Å². The predicted octanol–water partition coefficient (Wildman–Crippen LogP) is 6.55. The summed E-state index contributed by atoms with van der Waals surface area (Å²) in [7, 11) is 0. The Hall–Kier alpha value is -3.78. The van der Waals surface area contributed by atoms with Crippen molar-refractivity contribution in [2.24, 2.45) is 0 Å². The number of hydrogen-bond donors (Lipinski definition) is 1. The fourth-order valence-corrected chi connectivity index (χ4v) is 5.00. The van der Waals surface area contributed by atoms with Crippen molar-refractivity contribution >= 4 is 17.1 Å². The Labute approximate surface area is 213 Å². The molecule has 6 nitrogen and oxygen atoms in total. The molecule has 1 aliphatic rings. The van der Waals surface area contributed by atoms with E-state index in [0.29, 0.717) is 35.5 Å². The van der Waals surface area contributed by atoms with Crippen LogP contribution in [0.1, 0.15) is 30.4 Å². The monoisotopic (exact) mass is 506 g/mol. The second kappa shape index (κ2) is 10.7. The number of ether oxygens (including phenoxy) is 1. The van der Waals surface area contributed by atoms with Crippen molar-refractivity contribution in [1.82, 2.24) is 9.88 Å². The molecule has 1 N–H and O–H groups in total. The number of hydrogen-bond acceptors (Lipinski definition) is 5. The molecule has 5 rings (SSSR count). The van der Waals surface area contributed by atoms with Crippen molar-refractivity contribution < 1.29 is 27.8 Å². The highest BCUT2D eigenvalue weighted by atomic mass is 19.3. The van der Waals surface area contributed by atoms with Gasteiger partial charge in [-0.15, -0.1) is 0 Å².